The van der Waals surface area contributed by atoms with Crippen LogP contribution < -0.4 is 0 Å². The monoisotopic (exact) mass is 979 g/mol. The number of halogens is 3. The van der Waals surface area contributed by atoms with E-state index in [0.29, 0.717) is 0 Å². The molecule has 7 aromatic rings. The number of aromatic nitrogens is 1. The van der Waals surface area contributed by atoms with E-state index in [1.54, 1.807) is 0 Å². The molecule has 3 aliphatic rings. The molecule has 3 nitrogen and oxygen atoms in total. The van der Waals surface area contributed by atoms with E-state index in [9.17, 15) is 0 Å². The van der Waals surface area contributed by atoms with Crippen LogP contribution in [-0.2, 0) is 0 Å². The molecule has 0 saturated heterocycles. The molecule has 3 aliphatic heterocycles. The minimum atomic E-state index is -2.18. The van der Waals surface area contributed by atoms with Gasteiger partial charge >= 0.3 is 315 Å². The summed E-state index contributed by atoms with van der Waals surface area (Å²) in [5.41, 5.74) is 12.7. The zero-order valence-electron chi connectivity index (χ0n) is 26.6. The van der Waals surface area contributed by atoms with Gasteiger partial charge in [0.1, 0.15) is 0 Å². The van der Waals surface area contributed by atoms with E-state index in [1.807, 2.05) is 0 Å². The Labute approximate surface area is 318 Å². The summed E-state index contributed by atoms with van der Waals surface area (Å²) in [5.74, 6) is 0. The molecule has 1 aromatic heterocycles. The van der Waals surface area contributed by atoms with E-state index < -0.39 is 40.6 Å². The van der Waals surface area contributed by atoms with Crippen molar-refractivity contribution in [1.82, 2.24) is 4.57 Å². The minimum absolute atomic E-state index is 0.0861. The molecule has 4 heterocycles. The zero-order valence-corrected chi connectivity index (χ0v) is 33.1. The van der Waals surface area contributed by atoms with Crippen LogP contribution in [0.15, 0.2) is 166 Å². The van der Waals surface area contributed by atoms with Crippen LogP contribution >= 0.6 is 61.3 Å². The van der Waals surface area contributed by atoms with Crippen molar-refractivity contribution < 1.29 is 0 Å². The van der Waals surface area contributed by atoms with Crippen LogP contribution in [0.5, 0.6) is 0 Å². The normalized spacial score (nSPS) is 15.2. The first kappa shape index (κ1) is 30.7. The quantitative estimate of drug-likeness (QED) is 0.122. The summed E-state index contributed by atoms with van der Waals surface area (Å²) >= 11 is -2.79. The van der Waals surface area contributed by atoms with E-state index in [0.717, 1.165) is 3.84 Å². The standard InChI is InChI=1S/C44H28I3N3/c1-4-12-29(13-5-1)42-46-43(30-14-6-2-7-15-30)49-44(48-42)47-38-19-11-10-18-34(38)36-26-31(20-22-39(36)47)32-21-23-40-37(27-32)35-24-25-45-28-41(35)50(40)33-16-8-3-9-17-33/h1-28H. The van der Waals surface area contributed by atoms with Gasteiger partial charge in [-0.15, -0.1) is 0 Å². The van der Waals surface area contributed by atoms with Crippen molar-refractivity contribution in [3.05, 3.63) is 185 Å². The van der Waals surface area contributed by atoms with Gasteiger partial charge < -0.3 is 0 Å². The predicted molar refractivity (Wildman–Crippen MR) is 239 cm³/mol. The molecule has 240 valence electrons. The van der Waals surface area contributed by atoms with Crippen LogP contribution in [0.3, 0.4) is 0 Å². The number of rotatable bonds is 5. The van der Waals surface area contributed by atoms with E-state index in [1.165, 1.54) is 75.7 Å². The first-order chi connectivity index (χ1) is 24.8. The third-order valence-corrected chi connectivity index (χ3v) is 19.3. The average Bonchev–Trinajstić information content (AvgIpc) is 3.71. The Kier molecular flexibility index (Phi) is 7.90. The fourth-order valence-corrected chi connectivity index (χ4v) is 17.8. The fraction of sp³-hybridized carbons (Fsp3) is 0. The predicted octanol–water partition coefficient (Wildman–Crippen LogP) is 11.9. The molecule has 0 spiro atoms. The van der Waals surface area contributed by atoms with Gasteiger partial charge in [0, 0.05) is 0 Å². The van der Waals surface area contributed by atoms with Gasteiger partial charge in [0.05, 0.1) is 0 Å². The van der Waals surface area contributed by atoms with Gasteiger partial charge in [-0.2, -0.15) is 0 Å². The van der Waals surface area contributed by atoms with Crippen molar-refractivity contribution in [1.29, 1.82) is 0 Å². The molecule has 50 heavy (non-hydrogen) atoms. The number of aliphatic imine (C=N–C) groups is 2. The number of hydrogen-bond acceptors (Lipinski definition) is 2. The van der Waals surface area contributed by atoms with Gasteiger partial charge in [-0.25, -0.2) is 0 Å². The Morgan fingerprint density at radius 3 is 2.06 bits per heavy atom. The number of benzene rings is 6. The van der Waals surface area contributed by atoms with Gasteiger partial charge in [-0.3, -0.25) is 0 Å². The van der Waals surface area contributed by atoms with Crippen LogP contribution in [0.4, 0.5) is 0 Å². The molecule has 0 unspecified atom stereocenters. The molecule has 0 N–H and O–H groups in total. The molecule has 0 bridgehead atoms. The summed E-state index contributed by atoms with van der Waals surface area (Å²) < 4.78 is 13.6. The van der Waals surface area contributed by atoms with Crippen molar-refractivity contribution in [3.63, 3.8) is 0 Å². The number of hydrogen-bond donors (Lipinski definition) is 0. The van der Waals surface area contributed by atoms with Gasteiger partial charge in [-0.05, 0) is 0 Å². The second kappa shape index (κ2) is 12.9. The summed E-state index contributed by atoms with van der Waals surface area (Å²) in [7, 11) is 0. The van der Waals surface area contributed by atoms with E-state index >= 15 is 0 Å². The molecule has 6 aromatic carbocycles. The SMILES string of the molecule is C1=Cc2c(n(-c3ccccc3)c3ccc(-c4ccc5c(c4)-c4ccccc4I5C4=NC(c5ccccc5)=IC(c5ccccc5)=N4)cc23)C=I1. The van der Waals surface area contributed by atoms with E-state index in [-0.39, 0.29) is 20.7 Å². The number of nitrogens with zero attached hydrogens (tertiary/aromatic N) is 3. The van der Waals surface area contributed by atoms with Gasteiger partial charge in [0.15, 0.2) is 0 Å². The summed E-state index contributed by atoms with van der Waals surface area (Å²) in [5, 5.41) is 1.30. The summed E-state index contributed by atoms with van der Waals surface area (Å²) in [6.07, 6.45) is 2.35. The third-order valence-electron chi connectivity index (χ3n) is 9.15. The zero-order chi connectivity index (χ0) is 33.0. The molecule has 0 saturated carbocycles. The maximum absolute atomic E-state index is 5.45. The van der Waals surface area contributed by atoms with Crippen molar-refractivity contribution in [3.8, 4) is 27.9 Å². The van der Waals surface area contributed by atoms with Gasteiger partial charge in [0.2, 0.25) is 0 Å². The van der Waals surface area contributed by atoms with Crippen molar-refractivity contribution in [2.45, 2.75) is 0 Å². The summed E-state index contributed by atoms with van der Waals surface area (Å²) in [6, 6.07) is 55.4. The first-order valence-corrected chi connectivity index (χ1v) is 24.3. The Hall–Kier alpha value is -4.13. The Bertz CT molecular complexity index is 2590. The first-order valence-electron chi connectivity index (χ1n) is 16.4. The van der Waals surface area contributed by atoms with Crippen LogP contribution in [0, 0.1) is 7.14 Å². The molecule has 10 rings (SSSR count). The summed E-state index contributed by atoms with van der Waals surface area (Å²) in [6.45, 7) is 0. The second-order valence-electron chi connectivity index (χ2n) is 12.1. The topological polar surface area (TPSA) is 29.6 Å². The van der Waals surface area contributed by atoms with Crippen LogP contribution in [0.1, 0.15) is 22.4 Å². The van der Waals surface area contributed by atoms with Gasteiger partial charge in [-0.1, -0.05) is 6.07 Å². The van der Waals surface area contributed by atoms with Crippen molar-refractivity contribution in [2.75, 3.05) is 0 Å². The Morgan fingerprint density at radius 2 is 1.24 bits per heavy atom. The molecular weight excluding hydrogens is 951 g/mol. The maximum atomic E-state index is 5.45. The molecule has 0 amide bonds. The van der Waals surface area contributed by atoms with E-state index in [4.69, 9.17) is 9.98 Å². The average molecular weight is 979 g/mol. The Balaban J connectivity index is 1.11. The number of para-hydroxylation sites is 1. The second-order valence-corrected chi connectivity index (χ2v) is 21.6. The number of fused-ring (bicyclic) bond motifs is 6. The molecule has 0 radical (unpaired) electrons. The van der Waals surface area contributed by atoms with Crippen LogP contribution in [0.2, 0.25) is 0 Å². The van der Waals surface area contributed by atoms with Crippen LogP contribution in [0.25, 0.3) is 44.9 Å². The fourth-order valence-electron chi connectivity index (χ4n) is 6.85. The Morgan fingerprint density at radius 1 is 0.560 bits per heavy atom. The van der Waals surface area contributed by atoms with Crippen molar-refractivity contribution in [2.24, 2.45) is 9.98 Å². The molecule has 0 aliphatic carbocycles. The number of amidine groups is 1. The molecule has 6 heteroatoms. The van der Waals surface area contributed by atoms with E-state index in [2.05, 4.69) is 170 Å². The molecule has 0 fully saturated rings. The molecule has 0 atom stereocenters. The summed E-state index contributed by atoms with van der Waals surface area (Å²) in [4.78, 5) is 10.9. The molecular formula is C44H28I3N3. The van der Waals surface area contributed by atoms with Crippen LogP contribution in [-0.4, -0.2) is 19.8 Å². The third kappa shape index (κ3) is 5.25. The van der Waals surface area contributed by atoms with Crippen molar-refractivity contribution >= 4 is 93.5 Å². The van der Waals surface area contributed by atoms with Gasteiger partial charge in [0.25, 0.3) is 0 Å².